The Morgan fingerprint density at radius 2 is 2.10 bits per heavy atom. The molecule has 2 N–H and O–H groups in total. The quantitative estimate of drug-likeness (QED) is 0.874. The van der Waals surface area contributed by atoms with Crippen LogP contribution in [-0.2, 0) is 4.79 Å². The number of benzene rings is 1. The fourth-order valence-corrected chi connectivity index (χ4v) is 3.61. The molecule has 0 bridgehead atoms. The highest BCUT2D eigenvalue weighted by Crippen LogP contribution is 2.46. The van der Waals surface area contributed by atoms with Crippen molar-refractivity contribution >= 4 is 23.2 Å². The van der Waals surface area contributed by atoms with Gasteiger partial charge in [-0.05, 0) is 42.4 Å². The lowest BCUT2D eigenvalue weighted by Crippen LogP contribution is -2.34. The standard InChI is InChI=1S/C17H21NO2S/c1-13(19)18-11-10-17(21-2)9-8-15(20)12-16(17)14-6-4-3-5-7-14/h3-8,12,20H,9-11H2,1-2H3,(H,18,19). The van der Waals surface area contributed by atoms with Crippen molar-refractivity contribution in [3.8, 4) is 0 Å². The Hall–Kier alpha value is -1.68. The van der Waals surface area contributed by atoms with E-state index in [1.54, 1.807) is 11.8 Å². The van der Waals surface area contributed by atoms with Crippen LogP contribution in [0.4, 0.5) is 0 Å². The second-order valence-corrected chi connectivity index (χ2v) is 6.38. The third kappa shape index (κ3) is 3.70. The molecule has 2 rings (SSSR count). The lowest BCUT2D eigenvalue weighted by atomic mass is 9.83. The first kappa shape index (κ1) is 15.7. The Morgan fingerprint density at radius 3 is 2.71 bits per heavy atom. The molecule has 3 nitrogen and oxygen atoms in total. The highest BCUT2D eigenvalue weighted by molar-refractivity contribution is 8.00. The topological polar surface area (TPSA) is 49.3 Å². The molecule has 21 heavy (non-hydrogen) atoms. The predicted octanol–water partition coefficient (Wildman–Crippen LogP) is 3.54. The Kier molecular flexibility index (Phi) is 5.12. The fraction of sp³-hybridized carbons (Fsp3) is 0.353. The summed E-state index contributed by atoms with van der Waals surface area (Å²) in [6.45, 7) is 2.17. The zero-order valence-corrected chi connectivity index (χ0v) is 13.2. The van der Waals surface area contributed by atoms with E-state index in [1.807, 2.05) is 30.4 Å². The Labute approximate surface area is 130 Å². The summed E-state index contributed by atoms with van der Waals surface area (Å²) in [5, 5.41) is 12.8. The minimum atomic E-state index is -0.115. The first-order valence-electron chi connectivity index (χ1n) is 7.04. The lowest BCUT2D eigenvalue weighted by molar-refractivity contribution is -0.118. The van der Waals surface area contributed by atoms with E-state index in [9.17, 15) is 9.90 Å². The van der Waals surface area contributed by atoms with Crippen LogP contribution < -0.4 is 5.32 Å². The second-order valence-electron chi connectivity index (χ2n) is 5.19. The molecule has 1 aliphatic rings. The van der Waals surface area contributed by atoms with E-state index in [0.29, 0.717) is 12.3 Å². The maximum atomic E-state index is 11.1. The number of aliphatic hydroxyl groups is 1. The van der Waals surface area contributed by atoms with Gasteiger partial charge in [-0.3, -0.25) is 4.79 Å². The second kappa shape index (κ2) is 6.85. The number of nitrogens with one attached hydrogen (secondary N) is 1. The van der Waals surface area contributed by atoms with Crippen LogP contribution >= 0.6 is 11.8 Å². The highest BCUT2D eigenvalue weighted by Gasteiger charge is 2.35. The summed E-state index contributed by atoms with van der Waals surface area (Å²) in [5.41, 5.74) is 2.25. The van der Waals surface area contributed by atoms with E-state index < -0.39 is 0 Å². The van der Waals surface area contributed by atoms with Crippen molar-refractivity contribution in [1.29, 1.82) is 0 Å². The minimum Gasteiger partial charge on any atom is -0.508 e. The van der Waals surface area contributed by atoms with Crippen LogP contribution in [0.1, 0.15) is 25.3 Å². The van der Waals surface area contributed by atoms with Crippen LogP contribution in [-0.4, -0.2) is 28.6 Å². The number of rotatable bonds is 5. The molecule has 0 aliphatic heterocycles. The van der Waals surface area contributed by atoms with E-state index in [-0.39, 0.29) is 10.7 Å². The molecule has 0 saturated carbocycles. The van der Waals surface area contributed by atoms with Gasteiger partial charge in [-0.2, -0.15) is 11.8 Å². The number of carbonyl (C=O) groups excluding carboxylic acids is 1. The summed E-state index contributed by atoms with van der Waals surface area (Å²) in [7, 11) is 0. The third-order valence-corrected chi connectivity index (χ3v) is 5.17. The van der Waals surface area contributed by atoms with Gasteiger partial charge >= 0.3 is 0 Å². The van der Waals surface area contributed by atoms with Crippen molar-refractivity contribution in [2.45, 2.75) is 24.5 Å². The summed E-state index contributed by atoms with van der Waals surface area (Å²) in [6, 6.07) is 10.1. The normalized spacial score (nSPS) is 21.4. The molecule has 0 fully saturated rings. The summed E-state index contributed by atoms with van der Waals surface area (Å²) < 4.78 is -0.115. The van der Waals surface area contributed by atoms with Crippen molar-refractivity contribution in [2.24, 2.45) is 0 Å². The van der Waals surface area contributed by atoms with Gasteiger partial charge in [0.2, 0.25) is 5.91 Å². The van der Waals surface area contributed by atoms with Crippen molar-refractivity contribution in [2.75, 3.05) is 12.8 Å². The summed E-state index contributed by atoms with van der Waals surface area (Å²) in [6.07, 6.45) is 7.39. The van der Waals surface area contributed by atoms with Gasteiger partial charge in [-0.25, -0.2) is 0 Å². The molecule has 0 aromatic heterocycles. The molecular formula is C17H21NO2S. The maximum absolute atomic E-state index is 11.1. The number of allylic oxidation sites excluding steroid dienone is 2. The molecule has 0 saturated heterocycles. The molecule has 4 heteroatoms. The van der Waals surface area contributed by atoms with Crippen LogP contribution in [0.2, 0.25) is 0 Å². The number of amides is 1. The smallest absolute Gasteiger partial charge is 0.216 e. The Morgan fingerprint density at radius 1 is 1.38 bits per heavy atom. The molecular weight excluding hydrogens is 282 g/mol. The summed E-state index contributed by atoms with van der Waals surface area (Å²) >= 11 is 1.77. The van der Waals surface area contributed by atoms with Crippen LogP contribution in [0.15, 0.2) is 48.2 Å². The van der Waals surface area contributed by atoms with Gasteiger partial charge < -0.3 is 10.4 Å². The average molecular weight is 303 g/mol. The first-order valence-corrected chi connectivity index (χ1v) is 8.26. The van der Waals surface area contributed by atoms with Gasteiger partial charge in [-0.15, -0.1) is 0 Å². The fourth-order valence-electron chi connectivity index (χ4n) is 2.65. The van der Waals surface area contributed by atoms with Gasteiger partial charge in [0, 0.05) is 18.2 Å². The van der Waals surface area contributed by atoms with Gasteiger partial charge in [0.1, 0.15) is 5.76 Å². The van der Waals surface area contributed by atoms with Crippen LogP contribution in [0, 0.1) is 0 Å². The molecule has 0 spiro atoms. The van der Waals surface area contributed by atoms with E-state index in [2.05, 4.69) is 23.7 Å². The maximum Gasteiger partial charge on any atom is 0.216 e. The zero-order valence-electron chi connectivity index (χ0n) is 12.4. The van der Waals surface area contributed by atoms with Gasteiger partial charge in [0.05, 0.1) is 0 Å². The average Bonchev–Trinajstić information content (AvgIpc) is 2.49. The molecule has 112 valence electrons. The molecule has 0 radical (unpaired) electrons. The Balaban J connectivity index is 2.30. The Bertz CT molecular complexity index is 565. The monoisotopic (exact) mass is 303 g/mol. The molecule has 1 unspecified atom stereocenters. The van der Waals surface area contributed by atoms with Crippen LogP contribution in [0.5, 0.6) is 0 Å². The van der Waals surface area contributed by atoms with Crippen LogP contribution in [0.3, 0.4) is 0 Å². The molecule has 1 aliphatic carbocycles. The van der Waals surface area contributed by atoms with Crippen molar-refractivity contribution in [3.63, 3.8) is 0 Å². The number of carbonyl (C=O) groups is 1. The summed E-state index contributed by atoms with van der Waals surface area (Å²) in [4.78, 5) is 11.1. The highest BCUT2D eigenvalue weighted by atomic mass is 32.2. The first-order chi connectivity index (χ1) is 10.1. The number of thioether (sulfide) groups is 1. The lowest BCUT2D eigenvalue weighted by Gasteiger charge is -2.36. The van der Waals surface area contributed by atoms with Crippen LogP contribution in [0.25, 0.3) is 5.57 Å². The van der Waals surface area contributed by atoms with Crippen molar-refractivity contribution in [1.82, 2.24) is 5.32 Å². The van der Waals surface area contributed by atoms with E-state index in [1.165, 1.54) is 6.92 Å². The number of aliphatic hydroxyl groups excluding tert-OH is 1. The van der Waals surface area contributed by atoms with Gasteiger partial charge in [-0.1, -0.05) is 30.3 Å². The predicted molar refractivity (Wildman–Crippen MR) is 89.3 cm³/mol. The largest absolute Gasteiger partial charge is 0.508 e. The zero-order chi connectivity index (χ0) is 15.3. The molecule has 1 aromatic rings. The van der Waals surface area contributed by atoms with Crippen molar-refractivity contribution < 1.29 is 9.90 Å². The van der Waals surface area contributed by atoms with E-state index >= 15 is 0 Å². The van der Waals surface area contributed by atoms with Gasteiger partial charge in [0.25, 0.3) is 0 Å². The third-order valence-electron chi connectivity index (χ3n) is 3.80. The van der Waals surface area contributed by atoms with Gasteiger partial charge in [0.15, 0.2) is 0 Å². The molecule has 1 atom stereocenters. The minimum absolute atomic E-state index is 0.00862. The number of hydrogen-bond acceptors (Lipinski definition) is 3. The molecule has 1 amide bonds. The summed E-state index contributed by atoms with van der Waals surface area (Å²) in [5.74, 6) is 0.309. The van der Waals surface area contributed by atoms with E-state index in [0.717, 1.165) is 24.0 Å². The van der Waals surface area contributed by atoms with Crippen molar-refractivity contribution in [3.05, 3.63) is 53.8 Å². The molecule has 1 aromatic carbocycles. The van der Waals surface area contributed by atoms with E-state index in [4.69, 9.17) is 0 Å². The number of hydrogen-bond donors (Lipinski definition) is 2. The molecule has 0 heterocycles. The SMILES string of the molecule is CSC1(CCNC(C)=O)CC=C(O)C=C1c1ccccc1.